The number of hydrogen-bond acceptors (Lipinski definition) is 4. The zero-order valence-corrected chi connectivity index (χ0v) is 8.63. The van der Waals surface area contributed by atoms with E-state index >= 15 is 0 Å². The number of rotatable bonds is 6. The average molecular weight is 223 g/mol. The number of carbonyl (C=O) groups is 2. The van der Waals surface area contributed by atoms with E-state index in [9.17, 15) is 9.59 Å². The molecule has 0 unspecified atom stereocenters. The molecule has 3 N–H and O–H groups in total. The Kier molecular flexibility index (Phi) is 4.47. The Balaban J connectivity index is 2.53. The summed E-state index contributed by atoms with van der Waals surface area (Å²) in [5.74, 6) is -0.544. The SMILES string of the molecule is N[C@H](C=O)Cc1ccc(OCC(=O)O)cc1. The zero-order chi connectivity index (χ0) is 12.0. The van der Waals surface area contributed by atoms with E-state index in [4.69, 9.17) is 15.6 Å². The lowest BCUT2D eigenvalue weighted by atomic mass is 10.1. The van der Waals surface area contributed by atoms with Gasteiger partial charge in [0.1, 0.15) is 12.0 Å². The number of aldehydes is 1. The van der Waals surface area contributed by atoms with Crippen LogP contribution in [0, 0.1) is 0 Å². The quantitative estimate of drug-likeness (QED) is 0.673. The van der Waals surface area contributed by atoms with E-state index < -0.39 is 12.0 Å². The van der Waals surface area contributed by atoms with Crippen molar-refractivity contribution in [3.05, 3.63) is 29.8 Å². The lowest BCUT2D eigenvalue weighted by Crippen LogP contribution is -2.23. The second-order valence-corrected chi connectivity index (χ2v) is 3.33. The molecule has 0 heterocycles. The highest BCUT2D eigenvalue weighted by Gasteiger charge is 2.03. The van der Waals surface area contributed by atoms with Crippen LogP contribution in [0.3, 0.4) is 0 Å². The fraction of sp³-hybridized carbons (Fsp3) is 0.273. The molecule has 86 valence electrons. The normalized spacial score (nSPS) is 11.8. The first-order valence-electron chi connectivity index (χ1n) is 4.76. The van der Waals surface area contributed by atoms with Gasteiger partial charge in [-0.3, -0.25) is 0 Å². The van der Waals surface area contributed by atoms with Gasteiger partial charge in [-0.1, -0.05) is 12.1 Å². The van der Waals surface area contributed by atoms with Gasteiger partial charge in [0.15, 0.2) is 6.61 Å². The van der Waals surface area contributed by atoms with E-state index in [-0.39, 0.29) is 6.61 Å². The van der Waals surface area contributed by atoms with E-state index in [1.54, 1.807) is 24.3 Å². The molecular formula is C11H13NO4. The van der Waals surface area contributed by atoms with Crippen molar-refractivity contribution < 1.29 is 19.4 Å². The number of carbonyl (C=O) groups excluding carboxylic acids is 1. The van der Waals surface area contributed by atoms with Gasteiger partial charge in [0, 0.05) is 0 Å². The monoisotopic (exact) mass is 223 g/mol. The molecule has 5 heteroatoms. The minimum Gasteiger partial charge on any atom is -0.482 e. The molecule has 0 bridgehead atoms. The standard InChI is InChI=1S/C11H13NO4/c12-9(6-13)5-8-1-3-10(4-2-8)16-7-11(14)15/h1-4,6,9H,5,7,12H2,(H,14,15)/t9-/m0/s1. The Hall–Kier alpha value is -1.88. The maximum atomic E-state index is 10.3. The van der Waals surface area contributed by atoms with Crippen LogP contribution in [0.4, 0.5) is 0 Å². The highest BCUT2D eigenvalue weighted by atomic mass is 16.5. The molecular weight excluding hydrogens is 210 g/mol. The summed E-state index contributed by atoms with van der Waals surface area (Å²) in [6.45, 7) is -0.368. The van der Waals surface area contributed by atoms with Crippen LogP contribution in [-0.4, -0.2) is 30.0 Å². The third kappa shape index (κ3) is 4.10. The van der Waals surface area contributed by atoms with Gasteiger partial charge in [0.2, 0.25) is 0 Å². The summed E-state index contributed by atoms with van der Waals surface area (Å²) in [6, 6.07) is 6.29. The van der Waals surface area contributed by atoms with Gasteiger partial charge < -0.3 is 20.4 Å². The largest absolute Gasteiger partial charge is 0.482 e. The molecule has 1 atom stereocenters. The van der Waals surface area contributed by atoms with Gasteiger partial charge in [-0.05, 0) is 24.1 Å². The van der Waals surface area contributed by atoms with Crippen molar-refractivity contribution in [1.29, 1.82) is 0 Å². The molecule has 0 amide bonds. The van der Waals surface area contributed by atoms with E-state index in [0.717, 1.165) is 5.56 Å². The maximum Gasteiger partial charge on any atom is 0.341 e. The minimum absolute atomic E-state index is 0.368. The molecule has 0 aliphatic rings. The molecule has 0 radical (unpaired) electrons. The molecule has 16 heavy (non-hydrogen) atoms. The third-order valence-electron chi connectivity index (χ3n) is 1.93. The Morgan fingerprint density at radius 1 is 1.44 bits per heavy atom. The highest BCUT2D eigenvalue weighted by molar-refractivity contribution is 5.68. The maximum absolute atomic E-state index is 10.3. The van der Waals surface area contributed by atoms with Crippen LogP contribution in [0.1, 0.15) is 5.56 Å². The summed E-state index contributed by atoms with van der Waals surface area (Å²) in [5, 5.41) is 8.40. The third-order valence-corrected chi connectivity index (χ3v) is 1.93. The number of benzene rings is 1. The molecule has 0 saturated carbocycles. The summed E-state index contributed by atoms with van der Waals surface area (Å²) in [6.07, 6.45) is 1.15. The molecule has 0 fully saturated rings. The molecule has 1 rings (SSSR count). The Morgan fingerprint density at radius 2 is 2.06 bits per heavy atom. The van der Waals surface area contributed by atoms with Gasteiger partial charge in [0.25, 0.3) is 0 Å². The van der Waals surface area contributed by atoms with Gasteiger partial charge in [-0.15, -0.1) is 0 Å². The van der Waals surface area contributed by atoms with Crippen LogP contribution >= 0.6 is 0 Å². The Labute approximate surface area is 92.8 Å². The molecule has 1 aromatic rings. The average Bonchev–Trinajstić information content (AvgIpc) is 2.28. The second kappa shape index (κ2) is 5.87. The molecule has 0 aliphatic heterocycles. The summed E-state index contributed by atoms with van der Waals surface area (Å²) in [5.41, 5.74) is 6.37. The fourth-order valence-electron chi connectivity index (χ4n) is 1.19. The van der Waals surface area contributed by atoms with E-state index in [0.29, 0.717) is 18.5 Å². The highest BCUT2D eigenvalue weighted by Crippen LogP contribution is 2.12. The van der Waals surface area contributed by atoms with Gasteiger partial charge in [-0.25, -0.2) is 4.79 Å². The summed E-state index contributed by atoms with van der Waals surface area (Å²) in [7, 11) is 0. The molecule has 0 saturated heterocycles. The number of carboxylic acids is 1. The van der Waals surface area contributed by atoms with Crippen molar-refractivity contribution in [2.24, 2.45) is 5.73 Å². The summed E-state index contributed by atoms with van der Waals surface area (Å²) < 4.78 is 4.95. The van der Waals surface area contributed by atoms with Gasteiger partial charge >= 0.3 is 5.97 Å². The Morgan fingerprint density at radius 3 is 2.56 bits per heavy atom. The van der Waals surface area contributed by atoms with Crippen LogP contribution in [-0.2, 0) is 16.0 Å². The first-order chi connectivity index (χ1) is 7.61. The number of ether oxygens (including phenoxy) is 1. The first kappa shape index (κ1) is 12.2. The van der Waals surface area contributed by atoms with Gasteiger partial charge in [0.05, 0.1) is 6.04 Å². The first-order valence-corrected chi connectivity index (χ1v) is 4.76. The van der Waals surface area contributed by atoms with Crippen LogP contribution in [0.2, 0.25) is 0 Å². The van der Waals surface area contributed by atoms with Crippen LogP contribution < -0.4 is 10.5 Å². The zero-order valence-electron chi connectivity index (χ0n) is 8.63. The number of aliphatic carboxylic acids is 1. The lowest BCUT2D eigenvalue weighted by molar-refractivity contribution is -0.139. The van der Waals surface area contributed by atoms with Crippen LogP contribution in [0.25, 0.3) is 0 Å². The fourth-order valence-corrected chi connectivity index (χ4v) is 1.19. The second-order valence-electron chi connectivity index (χ2n) is 3.33. The topological polar surface area (TPSA) is 89.6 Å². The predicted octanol–water partition coefficient (Wildman–Crippen LogP) is 0.219. The lowest BCUT2D eigenvalue weighted by Gasteiger charge is -2.06. The molecule has 0 aromatic heterocycles. The predicted molar refractivity (Wildman–Crippen MR) is 57.3 cm³/mol. The minimum atomic E-state index is -1.02. The smallest absolute Gasteiger partial charge is 0.341 e. The van der Waals surface area contributed by atoms with Crippen molar-refractivity contribution in [3.8, 4) is 5.75 Å². The van der Waals surface area contributed by atoms with Crippen molar-refractivity contribution in [2.75, 3.05) is 6.61 Å². The number of carboxylic acid groups (broad SMARTS) is 1. The van der Waals surface area contributed by atoms with Gasteiger partial charge in [-0.2, -0.15) is 0 Å². The molecule has 0 spiro atoms. The van der Waals surface area contributed by atoms with Crippen LogP contribution in [0.5, 0.6) is 5.75 Å². The van der Waals surface area contributed by atoms with Crippen molar-refractivity contribution >= 4 is 12.3 Å². The summed E-state index contributed by atoms with van der Waals surface area (Å²) >= 11 is 0. The molecule has 0 aliphatic carbocycles. The van der Waals surface area contributed by atoms with E-state index in [1.165, 1.54) is 0 Å². The number of nitrogens with two attached hydrogens (primary N) is 1. The van der Waals surface area contributed by atoms with E-state index in [1.807, 2.05) is 0 Å². The summed E-state index contributed by atoms with van der Waals surface area (Å²) in [4.78, 5) is 20.6. The Bertz CT molecular complexity index is 361. The molecule has 1 aromatic carbocycles. The number of hydrogen-bond donors (Lipinski definition) is 2. The van der Waals surface area contributed by atoms with E-state index in [2.05, 4.69) is 0 Å². The van der Waals surface area contributed by atoms with Crippen molar-refractivity contribution in [1.82, 2.24) is 0 Å². The van der Waals surface area contributed by atoms with Crippen molar-refractivity contribution in [3.63, 3.8) is 0 Å². The van der Waals surface area contributed by atoms with Crippen LogP contribution in [0.15, 0.2) is 24.3 Å². The van der Waals surface area contributed by atoms with Crippen molar-refractivity contribution in [2.45, 2.75) is 12.5 Å². The molecule has 5 nitrogen and oxygen atoms in total.